The van der Waals surface area contributed by atoms with Crippen molar-refractivity contribution >= 4 is 0 Å². The second kappa shape index (κ2) is 3.19. The third kappa shape index (κ3) is 1.46. The molecule has 0 spiro atoms. The highest BCUT2D eigenvalue weighted by atomic mass is 19.1. The molecule has 0 aromatic carbocycles. The van der Waals surface area contributed by atoms with Gasteiger partial charge in [-0.3, -0.25) is 0 Å². The Hall–Kier alpha value is -1.07. The second-order valence-corrected chi connectivity index (χ2v) is 2.04. The Morgan fingerprint density at radius 1 is 1.50 bits per heavy atom. The number of rotatable bonds is 1. The van der Waals surface area contributed by atoms with E-state index in [1.807, 2.05) is 6.92 Å². The Bertz CT molecular complexity index is 237. The van der Waals surface area contributed by atoms with Gasteiger partial charge in [-0.1, -0.05) is 19.1 Å². The lowest BCUT2D eigenvalue weighted by Crippen LogP contribution is -1.77. The van der Waals surface area contributed by atoms with E-state index >= 15 is 0 Å². The van der Waals surface area contributed by atoms with Crippen LogP contribution in [-0.4, -0.2) is 0 Å². The topological polar surface area (TPSA) is 0 Å². The van der Waals surface area contributed by atoms with Gasteiger partial charge in [0.1, 0.15) is 5.83 Å². The summed E-state index contributed by atoms with van der Waals surface area (Å²) < 4.78 is 12.8. The maximum atomic E-state index is 12.8. The van der Waals surface area contributed by atoms with Crippen LogP contribution in [-0.2, 0) is 0 Å². The van der Waals surface area contributed by atoms with E-state index in [0.29, 0.717) is 12.0 Å². The van der Waals surface area contributed by atoms with Gasteiger partial charge in [0.15, 0.2) is 0 Å². The van der Waals surface area contributed by atoms with Crippen molar-refractivity contribution in [2.45, 2.75) is 13.3 Å². The molecule has 0 aromatic rings. The molecule has 0 unspecified atom stereocenters. The largest absolute Gasteiger partial charge is 0.206 e. The van der Waals surface area contributed by atoms with Crippen LogP contribution >= 0.6 is 0 Å². The van der Waals surface area contributed by atoms with E-state index < -0.39 is 0 Å². The highest BCUT2D eigenvalue weighted by molar-refractivity contribution is 5.32. The van der Waals surface area contributed by atoms with Gasteiger partial charge in [0, 0.05) is 5.57 Å². The molecule has 0 radical (unpaired) electrons. The molecule has 0 saturated heterocycles. The normalized spacial score (nSPS) is 16.2. The van der Waals surface area contributed by atoms with Gasteiger partial charge < -0.3 is 0 Å². The first-order chi connectivity index (χ1) is 4.84. The lowest BCUT2D eigenvalue weighted by molar-refractivity contribution is 0.644. The van der Waals surface area contributed by atoms with Gasteiger partial charge >= 0.3 is 0 Å². The monoisotopic (exact) mass is 136 g/mol. The van der Waals surface area contributed by atoms with Crippen molar-refractivity contribution in [3.8, 4) is 0 Å². The molecule has 0 nitrogen and oxygen atoms in total. The van der Waals surface area contributed by atoms with Crippen molar-refractivity contribution in [3.05, 3.63) is 41.4 Å². The molecular weight excluding hydrogens is 127 g/mol. The van der Waals surface area contributed by atoms with Crippen LogP contribution in [0.2, 0.25) is 0 Å². The Balaban J connectivity index is 2.99. The van der Waals surface area contributed by atoms with Gasteiger partial charge in [-0.25, -0.2) is 4.39 Å². The summed E-state index contributed by atoms with van der Waals surface area (Å²) in [5.74, 6) is -0.174. The van der Waals surface area contributed by atoms with Gasteiger partial charge in [0.2, 0.25) is 0 Å². The third-order valence-electron chi connectivity index (χ3n) is 1.35. The van der Waals surface area contributed by atoms with Crippen LogP contribution < -0.4 is 0 Å². The number of halogens is 1. The van der Waals surface area contributed by atoms with Crippen molar-refractivity contribution in [1.82, 2.24) is 0 Å². The molecule has 0 saturated carbocycles. The summed E-state index contributed by atoms with van der Waals surface area (Å²) in [4.78, 5) is 0. The van der Waals surface area contributed by atoms with E-state index in [1.54, 1.807) is 18.2 Å². The molecule has 0 aromatic heterocycles. The van der Waals surface area contributed by atoms with Crippen molar-refractivity contribution < 1.29 is 4.39 Å². The first-order valence-corrected chi connectivity index (χ1v) is 3.33. The summed E-state index contributed by atoms with van der Waals surface area (Å²) in [6, 6.07) is 0. The molecular formula is C9H9F. The fourth-order valence-electron chi connectivity index (χ4n) is 0.785. The first-order valence-electron chi connectivity index (χ1n) is 3.33. The molecule has 1 aliphatic rings. The average molecular weight is 136 g/mol. The summed E-state index contributed by atoms with van der Waals surface area (Å²) in [6.45, 7) is 1.91. The van der Waals surface area contributed by atoms with Crippen molar-refractivity contribution in [2.24, 2.45) is 0 Å². The number of hydrogen-bond donors (Lipinski definition) is 0. The predicted molar refractivity (Wildman–Crippen MR) is 40.2 cm³/mol. The quantitative estimate of drug-likeness (QED) is 0.486. The van der Waals surface area contributed by atoms with Gasteiger partial charge in [-0.2, -0.15) is 0 Å². The zero-order valence-electron chi connectivity index (χ0n) is 5.89. The Morgan fingerprint density at radius 2 is 2.30 bits per heavy atom. The van der Waals surface area contributed by atoms with Crippen molar-refractivity contribution in [1.29, 1.82) is 0 Å². The molecule has 0 fully saturated rings. The van der Waals surface area contributed by atoms with Crippen molar-refractivity contribution in [3.63, 3.8) is 0 Å². The fraction of sp³-hybridized carbons (Fsp3) is 0.222. The van der Waals surface area contributed by atoms with Gasteiger partial charge in [0.25, 0.3) is 0 Å². The summed E-state index contributed by atoms with van der Waals surface area (Å²) in [6.07, 6.45) is 7.31. The van der Waals surface area contributed by atoms with Crippen LogP contribution in [0.5, 0.6) is 0 Å². The first kappa shape index (κ1) is 7.04. The van der Waals surface area contributed by atoms with Crippen LogP contribution in [0, 0.1) is 0 Å². The Labute approximate surface area is 60.1 Å². The van der Waals surface area contributed by atoms with Crippen molar-refractivity contribution in [2.75, 3.05) is 0 Å². The minimum atomic E-state index is -0.174. The number of hydrogen-bond acceptors (Lipinski definition) is 0. The van der Waals surface area contributed by atoms with E-state index in [0.717, 1.165) is 0 Å². The Morgan fingerprint density at radius 3 is 3.00 bits per heavy atom. The molecule has 0 aliphatic heterocycles. The summed E-state index contributed by atoms with van der Waals surface area (Å²) in [7, 11) is 0. The molecule has 1 rings (SSSR count). The maximum absolute atomic E-state index is 12.8. The van der Waals surface area contributed by atoms with Crippen LogP contribution in [0.4, 0.5) is 4.39 Å². The average Bonchev–Trinajstić information content (AvgIpc) is 2.13. The van der Waals surface area contributed by atoms with Crippen LogP contribution in [0.15, 0.2) is 41.4 Å². The summed E-state index contributed by atoms with van der Waals surface area (Å²) in [5, 5.41) is 0. The molecule has 10 heavy (non-hydrogen) atoms. The molecule has 1 heteroatoms. The van der Waals surface area contributed by atoms with Crippen LogP contribution in [0.1, 0.15) is 13.3 Å². The lowest BCUT2D eigenvalue weighted by atomic mass is 10.2. The van der Waals surface area contributed by atoms with Gasteiger partial charge in [-0.15, -0.1) is 5.73 Å². The molecule has 52 valence electrons. The number of allylic oxidation sites excluding steroid dienone is 5. The summed E-state index contributed by atoms with van der Waals surface area (Å²) in [5.41, 5.74) is 3.49. The van der Waals surface area contributed by atoms with E-state index in [1.165, 1.54) is 6.08 Å². The van der Waals surface area contributed by atoms with E-state index in [4.69, 9.17) is 0 Å². The predicted octanol–water partition coefficient (Wildman–Crippen LogP) is 2.90. The molecule has 0 N–H and O–H groups in total. The smallest absolute Gasteiger partial charge is 0.134 e. The zero-order chi connectivity index (χ0) is 7.40. The minimum absolute atomic E-state index is 0.174. The highest BCUT2D eigenvalue weighted by Gasteiger charge is 1.99. The summed E-state index contributed by atoms with van der Waals surface area (Å²) >= 11 is 0. The molecule has 0 bridgehead atoms. The molecule has 1 aliphatic carbocycles. The van der Waals surface area contributed by atoms with E-state index in [9.17, 15) is 4.39 Å². The van der Waals surface area contributed by atoms with Gasteiger partial charge in [0.05, 0.1) is 0 Å². The molecule has 0 amide bonds. The standard InChI is InChI=1S/C9H9F/c1-2-8-6-4-3-5-7-9(8)10/h3-5,7H,2H2,1H3. The lowest BCUT2D eigenvalue weighted by Gasteiger charge is -1.92. The molecule has 0 atom stereocenters. The maximum Gasteiger partial charge on any atom is 0.134 e. The van der Waals surface area contributed by atoms with Crippen LogP contribution in [0.3, 0.4) is 0 Å². The van der Waals surface area contributed by atoms with Crippen LogP contribution in [0.25, 0.3) is 0 Å². The van der Waals surface area contributed by atoms with Gasteiger partial charge in [-0.05, 0) is 18.6 Å². The minimum Gasteiger partial charge on any atom is -0.206 e. The van der Waals surface area contributed by atoms with E-state index in [-0.39, 0.29) is 5.83 Å². The fourth-order valence-corrected chi connectivity index (χ4v) is 0.785. The zero-order valence-corrected chi connectivity index (χ0v) is 5.89. The SMILES string of the molecule is CCC1=C=CC=CC=C1F. The second-order valence-electron chi connectivity index (χ2n) is 2.04. The van der Waals surface area contributed by atoms with E-state index in [2.05, 4.69) is 5.73 Å². The Kier molecular flexibility index (Phi) is 2.24. The highest BCUT2D eigenvalue weighted by Crippen LogP contribution is 2.15. The third-order valence-corrected chi connectivity index (χ3v) is 1.35. The molecule has 0 heterocycles.